The van der Waals surface area contributed by atoms with Gasteiger partial charge < -0.3 is 4.90 Å². The lowest BCUT2D eigenvalue weighted by Crippen LogP contribution is -2.49. The Morgan fingerprint density at radius 3 is 2.45 bits per heavy atom. The molecule has 0 aromatic heterocycles. The van der Waals surface area contributed by atoms with E-state index < -0.39 is 0 Å². The first kappa shape index (κ1) is 15.3. The molecule has 0 bridgehead atoms. The normalized spacial score (nSPS) is 19.2. The Morgan fingerprint density at radius 1 is 1.05 bits per heavy atom. The van der Waals surface area contributed by atoms with Gasteiger partial charge in [-0.05, 0) is 40.7 Å². The Bertz CT molecular complexity index is 659. The summed E-state index contributed by atoms with van der Waals surface area (Å²) in [6.07, 6.45) is 0. The van der Waals surface area contributed by atoms with Crippen molar-refractivity contribution in [1.82, 2.24) is 9.80 Å². The number of carbonyl (C=O) groups excluding carboxylic acids is 1. The van der Waals surface area contributed by atoms with E-state index in [1.165, 1.54) is 5.56 Å². The van der Waals surface area contributed by atoms with Gasteiger partial charge in [0.2, 0.25) is 0 Å². The predicted octanol–water partition coefficient (Wildman–Crippen LogP) is 3.58. The van der Waals surface area contributed by atoms with Gasteiger partial charge in [0.25, 0.3) is 5.91 Å². The summed E-state index contributed by atoms with van der Waals surface area (Å²) in [5.41, 5.74) is 1.99. The minimum absolute atomic E-state index is 0.0986. The molecule has 1 aliphatic heterocycles. The number of likely N-dealkylation sites (N-methyl/N-ethyl adjacent to an activating group) is 1. The molecule has 4 heteroatoms. The van der Waals surface area contributed by atoms with Crippen molar-refractivity contribution < 1.29 is 4.79 Å². The minimum atomic E-state index is 0.0986. The van der Waals surface area contributed by atoms with E-state index in [2.05, 4.69) is 52.1 Å². The Labute approximate surface area is 139 Å². The molecular weight excluding hydrogens is 340 g/mol. The third-order valence-electron chi connectivity index (χ3n) is 4.22. The topological polar surface area (TPSA) is 23.6 Å². The molecule has 2 aromatic rings. The number of amides is 1. The van der Waals surface area contributed by atoms with Gasteiger partial charge in [0.05, 0.1) is 11.6 Å². The fourth-order valence-electron chi connectivity index (χ4n) is 2.90. The zero-order chi connectivity index (χ0) is 15.5. The van der Waals surface area contributed by atoms with Crippen LogP contribution in [0.1, 0.15) is 22.0 Å². The van der Waals surface area contributed by atoms with Crippen LogP contribution in [0.15, 0.2) is 59.1 Å². The lowest BCUT2D eigenvalue weighted by atomic mass is 10.0. The molecule has 2 aromatic carbocycles. The first-order valence-corrected chi connectivity index (χ1v) is 8.25. The SMILES string of the molecule is CN1CCN(C(=O)c2ccccc2Br)CC1c1ccccc1. The van der Waals surface area contributed by atoms with Crippen LogP contribution in [-0.4, -0.2) is 42.4 Å². The van der Waals surface area contributed by atoms with Crippen molar-refractivity contribution in [1.29, 1.82) is 0 Å². The summed E-state index contributed by atoms with van der Waals surface area (Å²) in [7, 11) is 2.12. The second-order valence-corrected chi connectivity index (χ2v) is 6.49. The maximum absolute atomic E-state index is 12.8. The predicted molar refractivity (Wildman–Crippen MR) is 91.9 cm³/mol. The highest BCUT2D eigenvalue weighted by molar-refractivity contribution is 9.10. The van der Waals surface area contributed by atoms with Gasteiger partial charge in [0.1, 0.15) is 0 Å². The molecule has 0 saturated carbocycles. The highest BCUT2D eigenvalue weighted by atomic mass is 79.9. The zero-order valence-corrected chi connectivity index (χ0v) is 14.2. The van der Waals surface area contributed by atoms with E-state index in [9.17, 15) is 4.79 Å². The third-order valence-corrected chi connectivity index (χ3v) is 4.92. The van der Waals surface area contributed by atoms with Crippen molar-refractivity contribution in [3.8, 4) is 0 Å². The molecule has 3 rings (SSSR count). The Morgan fingerprint density at radius 2 is 1.73 bits per heavy atom. The monoisotopic (exact) mass is 358 g/mol. The molecule has 0 radical (unpaired) electrons. The van der Waals surface area contributed by atoms with E-state index >= 15 is 0 Å². The van der Waals surface area contributed by atoms with Gasteiger partial charge in [-0.1, -0.05) is 42.5 Å². The Kier molecular flexibility index (Phi) is 4.60. The molecule has 22 heavy (non-hydrogen) atoms. The Balaban J connectivity index is 1.81. The van der Waals surface area contributed by atoms with E-state index in [0.29, 0.717) is 0 Å². The first-order valence-electron chi connectivity index (χ1n) is 7.46. The third kappa shape index (κ3) is 3.08. The maximum atomic E-state index is 12.8. The van der Waals surface area contributed by atoms with E-state index in [1.807, 2.05) is 35.2 Å². The van der Waals surface area contributed by atoms with Crippen LogP contribution < -0.4 is 0 Å². The van der Waals surface area contributed by atoms with Crippen molar-refractivity contribution in [3.05, 3.63) is 70.2 Å². The maximum Gasteiger partial charge on any atom is 0.255 e. The summed E-state index contributed by atoms with van der Waals surface area (Å²) >= 11 is 3.48. The summed E-state index contributed by atoms with van der Waals surface area (Å²) < 4.78 is 0.857. The van der Waals surface area contributed by atoms with Crippen molar-refractivity contribution in [2.45, 2.75) is 6.04 Å². The van der Waals surface area contributed by atoms with E-state index in [-0.39, 0.29) is 11.9 Å². The average Bonchev–Trinajstić information content (AvgIpc) is 2.56. The Hall–Kier alpha value is -1.65. The molecule has 1 fully saturated rings. The molecule has 0 aliphatic carbocycles. The molecule has 1 saturated heterocycles. The number of hydrogen-bond acceptors (Lipinski definition) is 2. The van der Waals surface area contributed by atoms with Crippen LogP contribution in [0.4, 0.5) is 0 Å². The fraction of sp³-hybridized carbons (Fsp3) is 0.278. The molecule has 1 unspecified atom stereocenters. The number of nitrogens with zero attached hydrogens (tertiary/aromatic N) is 2. The summed E-state index contributed by atoms with van der Waals surface area (Å²) in [6, 6.07) is 18.3. The van der Waals surface area contributed by atoms with Crippen LogP contribution in [0.3, 0.4) is 0 Å². The van der Waals surface area contributed by atoms with Gasteiger partial charge in [0, 0.05) is 24.1 Å². The van der Waals surface area contributed by atoms with Crippen LogP contribution in [0.25, 0.3) is 0 Å². The number of benzene rings is 2. The number of carbonyl (C=O) groups is 1. The standard InChI is InChI=1S/C18H19BrN2O/c1-20-11-12-21(13-17(20)14-7-3-2-4-8-14)18(22)15-9-5-6-10-16(15)19/h2-10,17H,11-13H2,1H3. The summed E-state index contributed by atoms with van der Waals surface area (Å²) in [6.45, 7) is 2.37. The molecule has 1 atom stereocenters. The van der Waals surface area contributed by atoms with Gasteiger partial charge in [-0.15, -0.1) is 0 Å². The number of rotatable bonds is 2. The lowest BCUT2D eigenvalue weighted by Gasteiger charge is -2.39. The summed E-state index contributed by atoms with van der Waals surface area (Å²) in [4.78, 5) is 17.1. The molecule has 1 aliphatic rings. The number of halogens is 1. The van der Waals surface area contributed by atoms with Crippen molar-refractivity contribution >= 4 is 21.8 Å². The summed E-state index contributed by atoms with van der Waals surface area (Å²) in [5.74, 6) is 0.0986. The fourth-order valence-corrected chi connectivity index (χ4v) is 3.35. The zero-order valence-electron chi connectivity index (χ0n) is 12.6. The minimum Gasteiger partial charge on any atom is -0.335 e. The molecule has 1 heterocycles. The van der Waals surface area contributed by atoms with Gasteiger partial charge in [-0.2, -0.15) is 0 Å². The van der Waals surface area contributed by atoms with E-state index in [4.69, 9.17) is 0 Å². The van der Waals surface area contributed by atoms with Crippen LogP contribution >= 0.6 is 15.9 Å². The van der Waals surface area contributed by atoms with Gasteiger partial charge >= 0.3 is 0 Å². The molecule has 3 nitrogen and oxygen atoms in total. The molecule has 0 spiro atoms. The lowest BCUT2D eigenvalue weighted by molar-refractivity contribution is 0.0545. The second kappa shape index (κ2) is 6.63. The van der Waals surface area contributed by atoms with Gasteiger partial charge in [-0.3, -0.25) is 9.69 Å². The highest BCUT2D eigenvalue weighted by Crippen LogP contribution is 2.26. The average molecular weight is 359 g/mol. The van der Waals surface area contributed by atoms with Gasteiger partial charge in [0.15, 0.2) is 0 Å². The largest absolute Gasteiger partial charge is 0.335 e. The van der Waals surface area contributed by atoms with Crippen LogP contribution in [0.2, 0.25) is 0 Å². The molecule has 0 N–H and O–H groups in total. The highest BCUT2D eigenvalue weighted by Gasteiger charge is 2.29. The molecule has 1 amide bonds. The van der Waals surface area contributed by atoms with Gasteiger partial charge in [-0.25, -0.2) is 0 Å². The van der Waals surface area contributed by atoms with E-state index in [1.54, 1.807) is 0 Å². The second-order valence-electron chi connectivity index (χ2n) is 5.64. The van der Waals surface area contributed by atoms with Crippen LogP contribution in [-0.2, 0) is 0 Å². The number of piperazine rings is 1. The van der Waals surface area contributed by atoms with E-state index in [0.717, 1.165) is 29.7 Å². The van der Waals surface area contributed by atoms with Crippen LogP contribution in [0, 0.1) is 0 Å². The van der Waals surface area contributed by atoms with Crippen molar-refractivity contribution in [2.75, 3.05) is 26.7 Å². The quantitative estimate of drug-likeness (QED) is 0.818. The first-order chi connectivity index (χ1) is 10.7. The molecular formula is C18H19BrN2O. The number of hydrogen-bond donors (Lipinski definition) is 0. The van der Waals surface area contributed by atoms with Crippen molar-refractivity contribution in [2.24, 2.45) is 0 Å². The van der Waals surface area contributed by atoms with Crippen molar-refractivity contribution in [3.63, 3.8) is 0 Å². The smallest absolute Gasteiger partial charge is 0.255 e. The summed E-state index contributed by atoms with van der Waals surface area (Å²) in [5, 5.41) is 0. The van der Waals surface area contributed by atoms with Crippen LogP contribution in [0.5, 0.6) is 0 Å². The molecule has 114 valence electrons.